The monoisotopic (exact) mass is 329 g/mol. The second-order valence-corrected chi connectivity index (χ2v) is 7.03. The Morgan fingerprint density at radius 1 is 1.33 bits per heavy atom. The van der Waals surface area contributed by atoms with Crippen molar-refractivity contribution in [3.05, 3.63) is 35.0 Å². The lowest BCUT2D eigenvalue weighted by molar-refractivity contribution is 0.0778. The molecule has 0 spiro atoms. The number of carbonyl (C=O) groups excluding carboxylic acids is 1. The van der Waals surface area contributed by atoms with E-state index in [0.29, 0.717) is 17.5 Å². The molecule has 2 fully saturated rings. The van der Waals surface area contributed by atoms with Crippen molar-refractivity contribution in [1.29, 1.82) is 0 Å². The van der Waals surface area contributed by atoms with Crippen LogP contribution in [-0.4, -0.2) is 57.2 Å². The van der Waals surface area contributed by atoms with Crippen LogP contribution in [0.1, 0.15) is 33.9 Å². The maximum atomic E-state index is 12.5. The number of nitrogens with one attached hydrogen (secondary N) is 1. The number of carbonyl (C=O) groups is 1. The molecule has 0 aromatic carbocycles. The van der Waals surface area contributed by atoms with Crippen LogP contribution in [0.4, 0.5) is 0 Å². The Balaban J connectivity index is 1.40. The van der Waals surface area contributed by atoms with Crippen molar-refractivity contribution < 1.29 is 9.32 Å². The highest BCUT2D eigenvalue weighted by Crippen LogP contribution is 2.32. The highest BCUT2D eigenvalue weighted by molar-refractivity contribution is 5.92. The van der Waals surface area contributed by atoms with E-state index in [1.165, 1.54) is 5.56 Å². The standard InChI is InChI=1S/C17H23N5O2/c1-11-15(12(2)24-20-11)10-21-6-4-13-8-22(9-14(13)7-21)17(23)16-3-5-18-19-16/h3,5,13-14H,4,6-10H2,1-2H3,(H,18,19)/t13-,14+/m0/s1. The Bertz CT molecular complexity index is 704. The van der Waals surface area contributed by atoms with Crippen LogP contribution < -0.4 is 0 Å². The van der Waals surface area contributed by atoms with E-state index >= 15 is 0 Å². The van der Waals surface area contributed by atoms with Gasteiger partial charge in [0.15, 0.2) is 0 Å². The van der Waals surface area contributed by atoms with Gasteiger partial charge in [0.25, 0.3) is 5.91 Å². The summed E-state index contributed by atoms with van der Waals surface area (Å²) in [4.78, 5) is 16.9. The van der Waals surface area contributed by atoms with Crippen molar-refractivity contribution in [3.63, 3.8) is 0 Å². The van der Waals surface area contributed by atoms with Crippen molar-refractivity contribution in [2.45, 2.75) is 26.8 Å². The second-order valence-electron chi connectivity index (χ2n) is 7.03. The Hall–Kier alpha value is -2.15. The number of aromatic nitrogens is 3. The number of likely N-dealkylation sites (tertiary alicyclic amines) is 2. The number of hydrogen-bond donors (Lipinski definition) is 1. The zero-order valence-electron chi connectivity index (χ0n) is 14.2. The first-order chi connectivity index (χ1) is 11.6. The molecule has 2 aliphatic heterocycles. The van der Waals surface area contributed by atoms with Crippen LogP contribution in [0.2, 0.25) is 0 Å². The largest absolute Gasteiger partial charge is 0.361 e. The van der Waals surface area contributed by atoms with Gasteiger partial charge in [-0.2, -0.15) is 5.10 Å². The summed E-state index contributed by atoms with van der Waals surface area (Å²) in [5, 5.41) is 10.7. The third-order valence-electron chi connectivity index (χ3n) is 5.47. The maximum absolute atomic E-state index is 12.5. The fraction of sp³-hybridized carbons (Fsp3) is 0.588. The summed E-state index contributed by atoms with van der Waals surface area (Å²) in [5.41, 5.74) is 2.77. The van der Waals surface area contributed by atoms with Gasteiger partial charge in [-0.1, -0.05) is 5.16 Å². The van der Waals surface area contributed by atoms with Gasteiger partial charge in [0.1, 0.15) is 11.5 Å². The molecular formula is C17H23N5O2. The zero-order valence-corrected chi connectivity index (χ0v) is 14.2. The molecule has 1 N–H and O–H groups in total. The normalized spacial score (nSPS) is 24.3. The van der Waals surface area contributed by atoms with E-state index in [9.17, 15) is 4.79 Å². The quantitative estimate of drug-likeness (QED) is 0.925. The van der Waals surface area contributed by atoms with Gasteiger partial charge >= 0.3 is 0 Å². The van der Waals surface area contributed by atoms with Crippen LogP contribution in [0.15, 0.2) is 16.8 Å². The smallest absolute Gasteiger partial charge is 0.271 e. The van der Waals surface area contributed by atoms with Crippen LogP contribution in [0.25, 0.3) is 0 Å². The van der Waals surface area contributed by atoms with Crippen LogP contribution in [0, 0.1) is 25.7 Å². The molecule has 0 aliphatic carbocycles. The lowest BCUT2D eigenvalue weighted by atomic mass is 9.88. The number of amides is 1. The van der Waals surface area contributed by atoms with Gasteiger partial charge in [-0.05, 0) is 44.7 Å². The van der Waals surface area contributed by atoms with Crippen molar-refractivity contribution in [1.82, 2.24) is 25.2 Å². The van der Waals surface area contributed by atoms with Crippen LogP contribution in [-0.2, 0) is 6.54 Å². The molecule has 2 aromatic rings. The van der Waals surface area contributed by atoms with E-state index in [0.717, 1.165) is 50.6 Å². The predicted octanol–water partition coefficient (Wildman–Crippen LogP) is 1.61. The molecule has 24 heavy (non-hydrogen) atoms. The molecule has 4 heterocycles. The van der Waals surface area contributed by atoms with E-state index < -0.39 is 0 Å². The minimum Gasteiger partial charge on any atom is -0.361 e. The third-order valence-corrected chi connectivity index (χ3v) is 5.47. The number of fused-ring (bicyclic) bond motifs is 1. The van der Waals surface area contributed by atoms with E-state index in [-0.39, 0.29) is 5.91 Å². The number of aryl methyl sites for hydroxylation is 2. The van der Waals surface area contributed by atoms with E-state index in [4.69, 9.17) is 4.52 Å². The maximum Gasteiger partial charge on any atom is 0.271 e. The molecule has 2 aliphatic rings. The first-order valence-electron chi connectivity index (χ1n) is 8.54. The summed E-state index contributed by atoms with van der Waals surface area (Å²) in [6.07, 6.45) is 2.77. The summed E-state index contributed by atoms with van der Waals surface area (Å²) in [6, 6.07) is 1.74. The molecular weight excluding hydrogens is 306 g/mol. The summed E-state index contributed by atoms with van der Waals surface area (Å²) in [6.45, 7) is 8.65. The number of piperidine rings is 1. The average Bonchev–Trinajstić information content (AvgIpc) is 3.30. The first-order valence-corrected chi connectivity index (χ1v) is 8.54. The molecule has 0 bridgehead atoms. The number of rotatable bonds is 3. The van der Waals surface area contributed by atoms with Crippen molar-refractivity contribution in [2.24, 2.45) is 11.8 Å². The molecule has 0 unspecified atom stereocenters. The lowest BCUT2D eigenvalue weighted by Crippen LogP contribution is -2.39. The van der Waals surface area contributed by atoms with E-state index in [1.54, 1.807) is 12.3 Å². The molecule has 4 rings (SSSR count). The van der Waals surface area contributed by atoms with Gasteiger partial charge in [-0.25, -0.2) is 0 Å². The SMILES string of the molecule is Cc1noc(C)c1CN1CC[C@H]2CN(C(=O)c3ccn[nH]3)C[C@H]2C1. The number of hydrogen-bond acceptors (Lipinski definition) is 5. The fourth-order valence-electron chi connectivity index (χ4n) is 4.05. The molecule has 2 aromatic heterocycles. The number of H-pyrrole nitrogens is 1. The number of aromatic amines is 1. The highest BCUT2D eigenvalue weighted by atomic mass is 16.5. The summed E-state index contributed by atoms with van der Waals surface area (Å²) in [5.74, 6) is 2.14. The molecule has 128 valence electrons. The third kappa shape index (κ3) is 2.73. The minimum atomic E-state index is 0.0687. The lowest BCUT2D eigenvalue weighted by Gasteiger charge is -2.34. The summed E-state index contributed by atoms with van der Waals surface area (Å²) in [7, 11) is 0. The molecule has 0 radical (unpaired) electrons. The molecule has 7 nitrogen and oxygen atoms in total. The average molecular weight is 329 g/mol. The Kier molecular flexibility index (Phi) is 3.88. The van der Waals surface area contributed by atoms with Gasteiger partial charge in [0.05, 0.1) is 5.69 Å². The predicted molar refractivity (Wildman–Crippen MR) is 87.3 cm³/mol. The Morgan fingerprint density at radius 3 is 2.88 bits per heavy atom. The highest BCUT2D eigenvalue weighted by Gasteiger charge is 2.39. The van der Waals surface area contributed by atoms with Crippen LogP contribution in [0.5, 0.6) is 0 Å². The zero-order chi connectivity index (χ0) is 16.7. The van der Waals surface area contributed by atoms with Gasteiger partial charge in [0, 0.05) is 37.9 Å². The molecule has 7 heteroatoms. The van der Waals surface area contributed by atoms with Crippen molar-refractivity contribution >= 4 is 5.91 Å². The molecule has 2 atom stereocenters. The van der Waals surface area contributed by atoms with Crippen molar-refractivity contribution in [3.8, 4) is 0 Å². The molecule has 2 saturated heterocycles. The topological polar surface area (TPSA) is 78.3 Å². The van der Waals surface area contributed by atoms with Crippen LogP contribution in [0.3, 0.4) is 0 Å². The summed E-state index contributed by atoms with van der Waals surface area (Å²) >= 11 is 0. The Labute approximate surface area is 141 Å². The second kappa shape index (κ2) is 6.05. The first kappa shape index (κ1) is 15.4. The van der Waals surface area contributed by atoms with E-state index in [2.05, 4.69) is 20.3 Å². The van der Waals surface area contributed by atoms with Crippen molar-refractivity contribution in [2.75, 3.05) is 26.2 Å². The molecule has 1 amide bonds. The van der Waals surface area contributed by atoms with Gasteiger partial charge in [-0.15, -0.1) is 0 Å². The van der Waals surface area contributed by atoms with Gasteiger partial charge in [0.2, 0.25) is 0 Å². The summed E-state index contributed by atoms with van der Waals surface area (Å²) < 4.78 is 5.27. The molecule has 0 saturated carbocycles. The van der Waals surface area contributed by atoms with Gasteiger partial charge < -0.3 is 9.42 Å². The fourth-order valence-corrected chi connectivity index (χ4v) is 4.05. The van der Waals surface area contributed by atoms with Crippen LogP contribution >= 0.6 is 0 Å². The Morgan fingerprint density at radius 2 is 2.17 bits per heavy atom. The minimum absolute atomic E-state index is 0.0687. The van der Waals surface area contributed by atoms with E-state index in [1.807, 2.05) is 18.7 Å². The number of nitrogens with zero attached hydrogens (tertiary/aromatic N) is 4. The van der Waals surface area contributed by atoms with Gasteiger partial charge in [-0.3, -0.25) is 14.8 Å².